The molecule has 0 saturated heterocycles. The van der Waals surface area contributed by atoms with Crippen LogP contribution in [0.25, 0.3) is 0 Å². The lowest BCUT2D eigenvalue weighted by Crippen LogP contribution is -2.06. The van der Waals surface area contributed by atoms with Crippen LogP contribution in [0, 0.1) is 12.7 Å². The molecule has 0 radical (unpaired) electrons. The first-order chi connectivity index (χ1) is 8.84. The van der Waals surface area contributed by atoms with Crippen LogP contribution in [0.5, 0.6) is 0 Å². The number of benzene rings is 1. The van der Waals surface area contributed by atoms with Crippen molar-refractivity contribution in [2.24, 2.45) is 0 Å². The Labute approximate surface area is 107 Å². The van der Waals surface area contributed by atoms with Crippen molar-refractivity contribution >= 4 is 0 Å². The third kappa shape index (κ3) is 3.49. The summed E-state index contributed by atoms with van der Waals surface area (Å²) in [4.78, 5) is 0. The zero-order chi connectivity index (χ0) is 14.0. The van der Waals surface area contributed by atoms with Crippen molar-refractivity contribution in [2.75, 3.05) is 0 Å². The molecule has 2 rings (SSSR count). The first kappa shape index (κ1) is 13.5. The Kier molecular flexibility index (Phi) is 3.50. The van der Waals surface area contributed by atoms with Crippen LogP contribution < -0.4 is 0 Å². The van der Waals surface area contributed by atoms with Crippen molar-refractivity contribution in [3.63, 3.8) is 0 Å². The first-order valence-electron chi connectivity index (χ1n) is 5.49. The molecule has 19 heavy (non-hydrogen) atoms. The average Bonchev–Trinajstić information content (AvgIpc) is 2.26. The number of alkyl halides is 3. The van der Waals surface area contributed by atoms with E-state index in [0.29, 0.717) is 17.3 Å². The number of rotatable bonds is 2. The van der Waals surface area contributed by atoms with Crippen LogP contribution in [-0.2, 0) is 12.6 Å². The van der Waals surface area contributed by atoms with Crippen molar-refractivity contribution in [1.29, 1.82) is 0 Å². The molecule has 6 heteroatoms. The maximum atomic E-state index is 13.2. The summed E-state index contributed by atoms with van der Waals surface area (Å²) >= 11 is 0. The highest BCUT2D eigenvalue weighted by molar-refractivity contribution is 5.31. The van der Waals surface area contributed by atoms with E-state index >= 15 is 0 Å². The van der Waals surface area contributed by atoms with E-state index in [2.05, 4.69) is 10.2 Å². The standard InChI is InChI=1S/C13H10F4N2/c1-8-2-10(7-18-19-8)3-9-4-11(13(15,16)17)6-12(14)5-9/h2,4-7H,3H2,1H3. The lowest BCUT2D eigenvalue weighted by Gasteiger charge is -2.09. The Bertz CT molecular complexity index is 593. The zero-order valence-electron chi connectivity index (χ0n) is 10.0. The molecule has 0 aliphatic carbocycles. The summed E-state index contributed by atoms with van der Waals surface area (Å²) in [6.45, 7) is 1.73. The minimum Gasteiger partial charge on any atom is -0.207 e. The van der Waals surface area contributed by atoms with Crippen molar-refractivity contribution in [2.45, 2.75) is 19.5 Å². The number of nitrogens with zero attached hydrogens (tertiary/aromatic N) is 2. The molecule has 0 fully saturated rings. The second-order valence-corrected chi connectivity index (χ2v) is 4.23. The molecule has 1 heterocycles. The maximum absolute atomic E-state index is 13.2. The predicted octanol–water partition coefficient (Wildman–Crippen LogP) is 3.53. The van der Waals surface area contributed by atoms with E-state index in [0.717, 1.165) is 12.1 Å². The van der Waals surface area contributed by atoms with E-state index in [-0.39, 0.29) is 12.0 Å². The van der Waals surface area contributed by atoms with Gasteiger partial charge in [0, 0.05) is 0 Å². The molecule has 0 unspecified atom stereocenters. The zero-order valence-corrected chi connectivity index (χ0v) is 10.0. The van der Waals surface area contributed by atoms with Gasteiger partial charge in [-0.15, -0.1) is 0 Å². The van der Waals surface area contributed by atoms with Crippen LogP contribution in [0.15, 0.2) is 30.5 Å². The van der Waals surface area contributed by atoms with Crippen LogP contribution >= 0.6 is 0 Å². The maximum Gasteiger partial charge on any atom is 0.416 e. The average molecular weight is 270 g/mol. The highest BCUT2D eigenvalue weighted by atomic mass is 19.4. The molecule has 1 aromatic carbocycles. The number of aromatic nitrogens is 2. The fraction of sp³-hybridized carbons (Fsp3) is 0.231. The summed E-state index contributed by atoms with van der Waals surface area (Å²) < 4.78 is 50.9. The smallest absolute Gasteiger partial charge is 0.207 e. The van der Waals surface area contributed by atoms with Crippen LogP contribution in [-0.4, -0.2) is 10.2 Å². The number of hydrogen-bond donors (Lipinski definition) is 0. The highest BCUT2D eigenvalue weighted by Gasteiger charge is 2.31. The summed E-state index contributed by atoms with van der Waals surface area (Å²) in [5.41, 5.74) is 0.608. The second kappa shape index (κ2) is 4.95. The normalized spacial score (nSPS) is 11.6. The van der Waals surface area contributed by atoms with Crippen LogP contribution in [0.1, 0.15) is 22.4 Å². The fourth-order valence-electron chi connectivity index (χ4n) is 1.78. The van der Waals surface area contributed by atoms with E-state index < -0.39 is 17.6 Å². The molecular formula is C13H10F4N2. The van der Waals surface area contributed by atoms with Gasteiger partial charge in [0.05, 0.1) is 17.5 Å². The summed E-state index contributed by atoms with van der Waals surface area (Å²) in [6, 6.07) is 4.22. The van der Waals surface area contributed by atoms with E-state index in [4.69, 9.17) is 0 Å². The quantitative estimate of drug-likeness (QED) is 0.780. The molecule has 1 aromatic heterocycles. The molecule has 0 atom stereocenters. The summed E-state index contributed by atoms with van der Waals surface area (Å²) in [5.74, 6) is -0.899. The van der Waals surface area contributed by atoms with Gasteiger partial charge in [-0.2, -0.15) is 23.4 Å². The highest BCUT2D eigenvalue weighted by Crippen LogP contribution is 2.30. The third-order valence-electron chi connectivity index (χ3n) is 2.53. The molecular weight excluding hydrogens is 260 g/mol. The molecule has 0 amide bonds. The molecule has 0 aliphatic rings. The number of aryl methyl sites for hydroxylation is 1. The largest absolute Gasteiger partial charge is 0.416 e. The Balaban J connectivity index is 2.33. The lowest BCUT2D eigenvalue weighted by atomic mass is 10.0. The third-order valence-corrected chi connectivity index (χ3v) is 2.53. The summed E-state index contributed by atoms with van der Waals surface area (Å²) in [6.07, 6.45) is -2.92. The molecule has 0 N–H and O–H groups in total. The van der Waals surface area contributed by atoms with E-state index in [9.17, 15) is 17.6 Å². The predicted molar refractivity (Wildman–Crippen MR) is 61.0 cm³/mol. The van der Waals surface area contributed by atoms with E-state index in [1.165, 1.54) is 6.20 Å². The van der Waals surface area contributed by atoms with Gasteiger partial charge in [0.25, 0.3) is 0 Å². The number of halogens is 4. The van der Waals surface area contributed by atoms with Crippen molar-refractivity contribution in [3.8, 4) is 0 Å². The Hall–Kier alpha value is -1.98. The molecule has 0 spiro atoms. The van der Waals surface area contributed by atoms with Crippen LogP contribution in [0.3, 0.4) is 0 Å². The van der Waals surface area contributed by atoms with E-state index in [1.807, 2.05) is 0 Å². The molecule has 100 valence electrons. The Morgan fingerprint density at radius 1 is 1.05 bits per heavy atom. The molecule has 0 aliphatic heterocycles. The minimum absolute atomic E-state index is 0.178. The van der Waals surface area contributed by atoms with Gasteiger partial charge in [0.15, 0.2) is 0 Å². The molecule has 2 aromatic rings. The van der Waals surface area contributed by atoms with Gasteiger partial charge < -0.3 is 0 Å². The number of hydrogen-bond acceptors (Lipinski definition) is 2. The molecule has 0 bridgehead atoms. The minimum atomic E-state index is -4.55. The summed E-state index contributed by atoms with van der Waals surface area (Å²) in [5, 5.41) is 7.46. The second-order valence-electron chi connectivity index (χ2n) is 4.23. The monoisotopic (exact) mass is 270 g/mol. The van der Waals surface area contributed by atoms with Crippen molar-refractivity contribution in [1.82, 2.24) is 10.2 Å². The van der Waals surface area contributed by atoms with Crippen molar-refractivity contribution < 1.29 is 17.6 Å². The lowest BCUT2D eigenvalue weighted by molar-refractivity contribution is -0.137. The first-order valence-corrected chi connectivity index (χ1v) is 5.49. The van der Waals surface area contributed by atoms with Gasteiger partial charge in [0.1, 0.15) is 5.82 Å². The van der Waals surface area contributed by atoms with Gasteiger partial charge in [-0.05, 0) is 48.7 Å². The van der Waals surface area contributed by atoms with Gasteiger partial charge in [-0.25, -0.2) is 4.39 Å². The molecule has 0 saturated carbocycles. The van der Waals surface area contributed by atoms with Gasteiger partial charge in [0.2, 0.25) is 0 Å². The van der Waals surface area contributed by atoms with Crippen molar-refractivity contribution in [3.05, 3.63) is 58.7 Å². The van der Waals surface area contributed by atoms with Crippen LogP contribution in [0.4, 0.5) is 17.6 Å². The Morgan fingerprint density at radius 3 is 2.42 bits per heavy atom. The van der Waals surface area contributed by atoms with Gasteiger partial charge in [-0.3, -0.25) is 0 Å². The van der Waals surface area contributed by atoms with Crippen LogP contribution in [0.2, 0.25) is 0 Å². The Morgan fingerprint density at radius 2 is 1.79 bits per heavy atom. The van der Waals surface area contributed by atoms with Gasteiger partial charge >= 0.3 is 6.18 Å². The topological polar surface area (TPSA) is 25.8 Å². The summed E-state index contributed by atoms with van der Waals surface area (Å²) in [7, 11) is 0. The van der Waals surface area contributed by atoms with Gasteiger partial charge in [-0.1, -0.05) is 0 Å². The SMILES string of the molecule is Cc1cc(Cc2cc(F)cc(C(F)(F)F)c2)cnn1. The van der Waals surface area contributed by atoms with E-state index in [1.54, 1.807) is 13.0 Å². The molecule has 2 nitrogen and oxygen atoms in total. The fourth-order valence-corrected chi connectivity index (χ4v) is 1.78.